The van der Waals surface area contributed by atoms with Gasteiger partial charge in [-0.05, 0) is 30.3 Å². The van der Waals surface area contributed by atoms with Crippen LogP contribution in [0.4, 0.5) is 22.0 Å². The SMILES string of the molecule is C=C(F)C(=O)N1CC(n2nc(-c3ccc(C(F)(F)F)cc3F)c3cccnc32)C1. The van der Waals surface area contributed by atoms with E-state index in [0.29, 0.717) is 17.1 Å². The maximum Gasteiger partial charge on any atom is 0.416 e. The highest BCUT2D eigenvalue weighted by atomic mass is 19.4. The highest BCUT2D eigenvalue weighted by Gasteiger charge is 2.36. The number of likely N-dealkylation sites (tertiary alicyclic amines) is 1. The van der Waals surface area contributed by atoms with Crippen molar-refractivity contribution in [2.75, 3.05) is 13.1 Å². The molecule has 3 heterocycles. The van der Waals surface area contributed by atoms with Crippen LogP contribution in [0.1, 0.15) is 11.6 Å². The summed E-state index contributed by atoms with van der Waals surface area (Å²) in [5.74, 6) is -2.95. The summed E-state index contributed by atoms with van der Waals surface area (Å²) in [5.41, 5.74) is -0.670. The van der Waals surface area contributed by atoms with E-state index in [1.54, 1.807) is 12.1 Å². The highest BCUT2D eigenvalue weighted by Crippen LogP contribution is 2.36. The van der Waals surface area contributed by atoms with Crippen LogP contribution in [0.5, 0.6) is 0 Å². The summed E-state index contributed by atoms with van der Waals surface area (Å²) >= 11 is 0. The Hall–Kier alpha value is -3.30. The van der Waals surface area contributed by atoms with Crippen LogP contribution >= 0.6 is 0 Å². The molecule has 29 heavy (non-hydrogen) atoms. The molecule has 3 aromatic rings. The van der Waals surface area contributed by atoms with E-state index in [-0.39, 0.29) is 30.4 Å². The summed E-state index contributed by atoms with van der Waals surface area (Å²) in [6, 6.07) is 5.14. The van der Waals surface area contributed by atoms with Crippen molar-refractivity contribution in [2.45, 2.75) is 12.2 Å². The Labute approximate surface area is 161 Å². The summed E-state index contributed by atoms with van der Waals surface area (Å²) in [6.45, 7) is 3.28. The zero-order valence-corrected chi connectivity index (χ0v) is 14.7. The number of halogens is 5. The molecule has 1 aliphatic rings. The lowest BCUT2D eigenvalue weighted by molar-refractivity contribution is -0.137. The van der Waals surface area contributed by atoms with Crippen molar-refractivity contribution >= 4 is 16.9 Å². The van der Waals surface area contributed by atoms with Crippen LogP contribution in [0, 0.1) is 5.82 Å². The lowest BCUT2D eigenvalue weighted by atomic mass is 10.1. The first kappa shape index (κ1) is 19.0. The molecule has 0 spiro atoms. The topological polar surface area (TPSA) is 51.0 Å². The normalized spacial score (nSPS) is 14.9. The molecule has 1 fully saturated rings. The molecule has 2 aromatic heterocycles. The molecule has 0 saturated carbocycles. The van der Waals surface area contributed by atoms with Crippen molar-refractivity contribution in [3.63, 3.8) is 0 Å². The fourth-order valence-electron chi connectivity index (χ4n) is 3.26. The van der Waals surface area contributed by atoms with Crippen molar-refractivity contribution in [3.8, 4) is 11.3 Å². The fourth-order valence-corrected chi connectivity index (χ4v) is 3.26. The van der Waals surface area contributed by atoms with E-state index >= 15 is 0 Å². The average molecular weight is 408 g/mol. The molecule has 5 nitrogen and oxygen atoms in total. The van der Waals surface area contributed by atoms with Crippen molar-refractivity contribution < 1.29 is 26.7 Å². The number of carbonyl (C=O) groups excluding carboxylic acids is 1. The molecule has 0 aliphatic carbocycles. The summed E-state index contributed by atoms with van der Waals surface area (Å²) in [6.07, 6.45) is -3.16. The molecule has 0 bridgehead atoms. The number of rotatable bonds is 3. The van der Waals surface area contributed by atoms with E-state index < -0.39 is 29.3 Å². The third-order valence-electron chi connectivity index (χ3n) is 4.75. The van der Waals surface area contributed by atoms with Crippen molar-refractivity contribution in [3.05, 3.63) is 60.3 Å². The molecular weight excluding hydrogens is 395 g/mol. The maximum absolute atomic E-state index is 14.5. The third kappa shape index (κ3) is 3.24. The van der Waals surface area contributed by atoms with Gasteiger partial charge >= 0.3 is 6.18 Å². The van der Waals surface area contributed by atoms with E-state index in [1.807, 2.05) is 0 Å². The van der Waals surface area contributed by atoms with E-state index in [9.17, 15) is 26.7 Å². The number of aromatic nitrogens is 3. The summed E-state index contributed by atoms with van der Waals surface area (Å²) in [5, 5.41) is 4.80. The van der Waals surface area contributed by atoms with E-state index in [4.69, 9.17) is 0 Å². The van der Waals surface area contributed by atoms with Gasteiger partial charge in [-0.1, -0.05) is 6.58 Å². The third-order valence-corrected chi connectivity index (χ3v) is 4.75. The van der Waals surface area contributed by atoms with Crippen molar-refractivity contribution in [1.29, 1.82) is 0 Å². The standard InChI is InChI=1S/C19H13F5N4O/c1-10(20)18(29)27-8-12(9-27)28-17-14(3-2-6-25-17)16(26-28)13-5-4-11(7-15(13)21)19(22,23)24/h2-7,12H,1,8-9H2. The number of carbonyl (C=O) groups is 1. The quantitative estimate of drug-likeness (QED) is 0.484. The first-order valence-corrected chi connectivity index (χ1v) is 8.51. The van der Waals surface area contributed by atoms with Crippen LogP contribution in [0.25, 0.3) is 22.3 Å². The van der Waals surface area contributed by atoms with Gasteiger partial charge in [-0.2, -0.15) is 18.3 Å². The monoisotopic (exact) mass is 408 g/mol. The minimum absolute atomic E-state index is 0.0980. The highest BCUT2D eigenvalue weighted by molar-refractivity contribution is 5.92. The molecule has 10 heteroatoms. The molecule has 1 aromatic carbocycles. The van der Waals surface area contributed by atoms with Crippen LogP contribution in [0.15, 0.2) is 48.9 Å². The second-order valence-corrected chi connectivity index (χ2v) is 6.63. The summed E-state index contributed by atoms with van der Waals surface area (Å²) in [7, 11) is 0. The van der Waals surface area contributed by atoms with Crippen LogP contribution in [-0.4, -0.2) is 38.7 Å². The average Bonchev–Trinajstić information content (AvgIpc) is 2.99. The van der Waals surface area contributed by atoms with Gasteiger partial charge in [0.25, 0.3) is 5.91 Å². The summed E-state index contributed by atoms with van der Waals surface area (Å²) in [4.78, 5) is 17.1. The maximum atomic E-state index is 14.5. The molecule has 150 valence electrons. The zero-order chi connectivity index (χ0) is 20.9. The Kier molecular flexibility index (Phi) is 4.36. The van der Waals surface area contributed by atoms with Gasteiger partial charge in [0.2, 0.25) is 0 Å². The smallest absolute Gasteiger partial charge is 0.332 e. The second kappa shape index (κ2) is 6.64. The van der Waals surface area contributed by atoms with Gasteiger partial charge in [0, 0.05) is 30.2 Å². The number of benzene rings is 1. The minimum Gasteiger partial charge on any atom is -0.332 e. The Balaban J connectivity index is 1.73. The predicted octanol–water partition coefficient (Wildman–Crippen LogP) is 4.12. The Bertz CT molecular complexity index is 1130. The molecular formula is C19H13F5N4O. The minimum atomic E-state index is -4.66. The van der Waals surface area contributed by atoms with E-state index in [1.165, 1.54) is 15.8 Å². The molecule has 0 unspecified atom stereocenters. The number of fused-ring (bicyclic) bond motifs is 1. The number of hydrogen-bond donors (Lipinski definition) is 0. The van der Waals surface area contributed by atoms with Crippen LogP contribution in [0.2, 0.25) is 0 Å². The molecule has 0 radical (unpaired) electrons. The number of alkyl halides is 3. The van der Waals surface area contributed by atoms with Gasteiger partial charge in [0.15, 0.2) is 11.5 Å². The lowest BCUT2D eigenvalue weighted by Gasteiger charge is -2.38. The molecule has 4 rings (SSSR count). The van der Waals surface area contributed by atoms with E-state index in [0.717, 1.165) is 12.1 Å². The van der Waals surface area contributed by atoms with Gasteiger partial charge < -0.3 is 4.90 Å². The van der Waals surface area contributed by atoms with Crippen LogP contribution < -0.4 is 0 Å². The van der Waals surface area contributed by atoms with Crippen LogP contribution in [-0.2, 0) is 11.0 Å². The lowest BCUT2D eigenvalue weighted by Crippen LogP contribution is -2.51. The van der Waals surface area contributed by atoms with Gasteiger partial charge in [-0.3, -0.25) is 4.79 Å². The number of nitrogens with zero attached hydrogens (tertiary/aromatic N) is 4. The second-order valence-electron chi connectivity index (χ2n) is 6.63. The van der Waals surface area contributed by atoms with Gasteiger partial charge in [-0.15, -0.1) is 0 Å². The van der Waals surface area contributed by atoms with Crippen LogP contribution in [0.3, 0.4) is 0 Å². The van der Waals surface area contributed by atoms with Gasteiger partial charge in [0.05, 0.1) is 11.6 Å². The molecule has 0 atom stereocenters. The Morgan fingerprint density at radius 3 is 2.55 bits per heavy atom. The zero-order valence-electron chi connectivity index (χ0n) is 14.7. The predicted molar refractivity (Wildman–Crippen MR) is 93.8 cm³/mol. The first-order chi connectivity index (χ1) is 13.7. The fraction of sp³-hybridized carbons (Fsp3) is 0.211. The van der Waals surface area contributed by atoms with Gasteiger partial charge in [0.1, 0.15) is 11.5 Å². The molecule has 1 aliphatic heterocycles. The Morgan fingerprint density at radius 2 is 1.93 bits per heavy atom. The molecule has 1 amide bonds. The largest absolute Gasteiger partial charge is 0.416 e. The van der Waals surface area contributed by atoms with E-state index in [2.05, 4.69) is 16.7 Å². The number of amides is 1. The van der Waals surface area contributed by atoms with Crippen molar-refractivity contribution in [2.24, 2.45) is 0 Å². The molecule has 0 N–H and O–H groups in total. The molecule has 1 saturated heterocycles. The number of pyridine rings is 1. The Morgan fingerprint density at radius 1 is 1.21 bits per heavy atom. The summed E-state index contributed by atoms with van der Waals surface area (Å²) < 4.78 is 67.4. The van der Waals surface area contributed by atoms with Crippen molar-refractivity contribution in [1.82, 2.24) is 19.7 Å². The first-order valence-electron chi connectivity index (χ1n) is 8.51. The van der Waals surface area contributed by atoms with Gasteiger partial charge in [-0.25, -0.2) is 18.4 Å². The number of hydrogen-bond acceptors (Lipinski definition) is 3.